The van der Waals surface area contributed by atoms with Crippen LogP contribution < -0.4 is 21.5 Å². The van der Waals surface area contributed by atoms with Gasteiger partial charge in [-0.3, -0.25) is 13.9 Å². The van der Waals surface area contributed by atoms with E-state index in [4.69, 9.17) is 4.74 Å². The van der Waals surface area contributed by atoms with E-state index in [0.29, 0.717) is 19.0 Å². The number of methoxy groups -OCH3 is 1. The molecule has 2 aromatic rings. The van der Waals surface area contributed by atoms with Crippen LogP contribution in [-0.4, -0.2) is 45.3 Å². The average molecular weight is 346 g/mol. The van der Waals surface area contributed by atoms with E-state index in [-0.39, 0.29) is 17.3 Å². The fourth-order valence-corrected chi connectivity index (χ4v) is 3.02. The highest BCUT2D eigenvalue weighted by Crippen LogP contribution is 2.20. The largest absolute Gasteiger partial charge is 0.378 e. The van der Waals surface area contributed by atoms with Gasteiger partial charge in [0.1, 0.15) is 18.0 Å². The lowest BCUT2D eigenvalue weighted by Gasteiger charge is -2.21. The van der Waals surface area contributed by atoms with Gasteiger partial charge in [-0.15, -0.1) is 0 Å². The third-order valence-electron chi connectivity index (χ3n) is 4.38. The molecule has 3 heterocycles. The third kappa shape index (κ3) is 3.55. The molecule has 2 aromatic heterocycles. The smallest absolute Gasteiger partial charge is 0.332 e. The summed E-state index contributed by atoms with van der Waals surface area (Å²) < 4.78 is 7.69. The van der Waals surface area contributed by atoms with Crippen molar-refractivity contribution in [1.82, 2.24) is 19.1 Å². The van der Waals surface area contributed by atoms with E-state index in [9.17, 15) is 9.59 Å². The van der Waals surface area contributed by atoms with Gasteiger partial charge >= 0.3 is 5.69 Å². The first-order valence-corrected chi connectivity index (χ1v) is 8.08. The Kier molecular flexibility index (Phi) is 4.84. The fraction of sp³-hybridized carbons (Fsp3) is 0.500. The van der Waals surface area contributed by atoms with E-state index in [0.717, 1.165) is 29.0 Å². The number of aromatic nitrogens is 4. The SMILES string of the molecule is COCc1cc(N[C@@H]2CCN(c3cc(=O)n(C)c(=O)n3C)C2)ncn1. The zero-order valence-corrected chi connectivity index (χ0v) is 14.6. The summed E-state index contributed by atoms with van der Waals surface area (Å²) in [5, 5.41) is 3.38. The van der Waals surface area contributed by atoms with Crippen LogP contribution in [0.1, 0.15) is 12.1 Å². The van der Waals surface area contributed by atoms with Crippen molar-refractivity contribution in [3.05, 3.63) is 45.0 Å². The van der Waals surface area contributed by atoms with Crippen molar-refractivity contribution in [1.29, 1.82) is 0 Å². The molecule has 1 aliphatic heterocycles. The van der Waals surface area contributed by atoms with E-state index >= 15 is 0 Å². The highest BCUT2D eigenvalue weighted by molar-refractivity contribution is 5.43. The Labute approximate surface area is 144 Å². The van der Waals surface area contributed by atoms with Crippen molar-refractivity contribution >= 4 is 11.6 Å². The molecule has 25 heavy (non-hydrogen) atoms. The average Bonchev–Trinajstić information content (AvgIpc) is 3.05. The van der Waals surface area contributed by atoms with Gasteiger partial charge in [0.05, 0.1) is 12.3 Å². The Morgan fingerprint density at radius 2 is 2.04 bits per heavy atom. The van der Waals surface area contributed by atoms with Crippen LogP contribution in [0.15, 0.2) is 28.0 Å². The second-order valence-corrected chi connectivity index (χ2v) is 6.14. The first kappa shape index (κ1) is 17.2. The molecule has 0 spiro atoms. The summed E-state index contributed by atoms with van der Waals surface area (Å²) in [6.45, 7) is 1.88. The number of hydrogen-bond acceptors (Lipinski definition) is 7. The van der Waals surface area contributed by atoms with Crippen molar-refractivity contribution in [3.8, 4) is 0 Å². The summed E-state index contributed by atoms with van der Waals surface area (Å²) in [5.74, 6) is 1.38. The molecule has 0 aromatic carbocycles. The molecule has 1 N–H and O–H groups in total. The molecule has 0 unspecified atom stereocenters. The first-order valence-electron chi connectivity index (χ1n) is 8.08. The molecule has 1 atom stereocenters. The molecule has 0 radical (unpaired) electrons. The molecule has 9 nitrogen and oxygen atoms in total. The zero-order valence-electron chi connectivity index (χ0n) is 14.6. The lowest BCUT2D eigenvalue weighted by atomic mass is 10.2. The van der Waals surface area contributed by atoms with Crippen molar-refractivity contribution in [3.63, 3.8) is 0 Å². The second kappa shape index (κ2) is 7.06. The Morgan fingerprint density at radius 1 is 1.24 bits per heavy atom. The number of nitrogens with one attached hydrogen (secondary N) is 1. The maximum absolute atomic E-state index is 12.1. The van der Waals surface area contributed by atoms with E-state index in [1.54, 1.807) is 14.2 Å². The number of hydrogen-bond donors (Lipinski definition) is 1. The summed E-state index contributed by atoms with van der Waals surface area (Å²) in [4.78, 5) is 34.4. The summed E-state index contributed by atoms with van der Waals surface area (Å²) in [7, 11) is 4.78. The Morgan fingerprint density at radius 3 is 2.80 bits per heavy atom. The van der Waals surface area contributed by atoms with Crippen LogP contribution in [0.2, 0.25) is 0 Å². The van der Waals surface area contributed by atoms with Crippen molar-refractivity contribution in [2.45, 2.75) is 19.1 Å². The van der Waals surface area contributed by atoms with Crippen molar-refractivity contribution in [2.24, 2.45) is 14.1 Å². The molecular weight excluding hydrogens is 324 g/mol. The van der Waals surface area contributed by atoms with E-state index in [2.05, 4.69) is 15.3 Å². The second-order valence-electron chi connectivity index (χ2n) is 6.14. The van der Waals surface area contributed by atoms with Gasteiger partial charge in [-0.2, -0.15) is 0 Å². The standard InChI is InChI=1S/C16H22N6O3/c1-20-14(7-15(23)21(2)16(20)24)22-5-4-11(8-22)19-13-6-12(9-25-3)17-10-18-13/h6-7,10-11H,4-5,8-9H2,1-3H3,(H,17,18,19)/t11-/m1/s1. The highest BCUT2D eigenvalue weighted by atomic mass is 16.5. The van der Waals surface area contributed by atoms with Crippen LogP contribution in [0.25, 0.3) is 0 Å². The molecular formula is C16H22N6O3. The number of nitrogens with zero attached hydrogens (tertiary/aromatic N) is 5. The van der Waals surface area contributed by atoms with Gasteiger partial charge in [-0.05, 0) is 6.42 Å². The van der Waals surface area contributed by atoms with Crippen LogP contribution in [0.5, 0.6) is 0 Å². The normalized spacial score (nSPS) is 17.1. The molecule has 0 aliphatic carbocycles. The van der Waals surface area contributed by atoms with Gasteiger partial charge in [-0.1, -0.05) is 0 Å². The van der Waals surface area contributed by atoms with E-state index in [1.807, 2.05) is 11.0 Å². The molecule has 0 bridgehead atoms. The van der Waals surface area contributed by atoms with Crippen LogP contribution in [-0.2, 0) is 25.4 Å². The molecule has 1 fully saturated rings. The molecule has 3 rings (SSSR count). The quantitative estimate of drug-likeness (QED) is 0.795. The Bertz CT molecular complexity index is 875. The van der Waals surface area contributed by atoms with Crippen LogP contribution in [0, 0.1) is 0 Å². The van der Waals surface area contributed by atoms with Crippen LogP contribution in [0.4, 0.5) is 11.6 Å². The van der Waals surface area contributed by atoms with Gasteiger partial charge in [0.25, 0.3) is 5.56 Å². The number of anilines is 2. The Balaban J connectivity index is 1.73. The molecule has 0 amide bonds. The molecule has 0 saturated carbocycles. The highest BCUT2D eigenvalue weighted by Gasteiger charge is 2.25. The molecule has 1 aliphatic rings. The van der Waals surface area contributed by atoms with Gasteiger partial charge in [-0.25, -0.2) is 14.8 Å². The summed E-state index contributed by atoms with van der Waals surface area (Å²) in [6.07, 6.45) is 2.39. The number of ether oxygens (including phenoxy) is 1. The van der Waals surface area contributed by atoms with Crippen molar-refractivity contribution in [2.75, 3.05) is 30.4 Å². The number of rotatable bonds is 5. The van der Waals surface area contributed by atoms with E-state index < -0.39 is 0 Å². The lowest BCUT2D eigenvalue weighted by molar-refractivity contribution is 0.181. The molecule has 1 saturated heterocycles. The fourth-order valence-electron chi connectivity index (χ4n) is 3.02. The predicted molar refractivity (Wildman–Crippen MR) is 93.9 cm³/mol. The van der Waals surface area contributed by atoms with Crippen LogP contribution in [0.3, 0.4) is 0 Å². The maximum Gasteiger partial charge on any atom is 0.332 e. The maximum atomic E-state index is 12.1. The predicted octanol–water partition coefficient (Wildman–Crippen LogP) is -0.289. The van der Waals surface area contributed by atoms with Crippen LogP contribution >= 0.6 is 0 Å². The molecule has 9 heteroatoms. The van der Waals surface area contributed by atoms with Crippen molar-refractivity contribution < 1.29 is 4.74 Å². The molecule has 134 valence electrons. The van der Waals surface area contributed by atoms with Gasteiger partial charge in [0.15, 0.2) is 0 Å². The topological polar surface area (TPSA) is 94.3 Å². The van der Waals surface area contributed by atoms with Gasteiger partial charge in [0.2, 0.25) is 0 Å². The summed E-state index contributed by atoms with van der Waals surface area (Å²) >= 11 is 0. The minimum atomic E-state index is -0.320. The minimum absolute atomic E-state index is 0.171. The monoisotopic (exact) mass is 346 g/mol. The summed E-state index contributed by atoms with van der Waals surface area (Å²) in [6, 6.07) is 3.54. The van der Waals surface area contributed by atoms with E-state index in [1.165, 1.54) is 24.0 Å². The van der Waals surface area contributed by atoms with Gasteiger partial charge in [0, 0.05) is 52.5 Å². The third-order valence-corrected chi connectivity index (χ3v) is 4.38. The lowest BCUT2D eigenvalue weighted by Crippen LogP contribution is -2.40. The Hall–Kier alpha value is -2.68. The van der Waals surface area contributed by atoms with Gasteiger partial charge < -0.3 is 15.0 Å². The zero-order chi connectivity index (χ0) is 18.0. The minimum Gasteiger partial charge on any atom is -0.378 e. The summed E-state index contributed by atoms with van der Waals surface area (Å²) in [5.41, 5.74) is 0.192. The first-order chi connectivity index (χ1) is 12.0.